The number of nitrogens with zero attached hydrogens (tertiary/aromatic N) is 2. The van der Waals surface area contributed by atoms with Crippen LogP contribution in [-0.2, 0) is 6.42 Å². The van der Waals surface area contributed by atoms with E-state index in [0.29, 0.717) is 5.92 Å². The average molecular weight is 398 g/mol. The molecule has 0 aromatic heterocycles. The number of rotatable bonds is 6. The molecule has 156 valence electrons. The minimum atomic E-state index is -0.186. The third kappa shape index (κ3) is 6.29. The van der Waals surface area contributed by atoms with Gasteiger partial charge in [0.15, 0.2) is 0 Å². The molecule has 0 bridgehead atoms. The van der Waals surface area contributed by atoms with Gasteiger partial charge in [-0.15, -0.1) is 0 Å². The molecule has 2 aromatic carbocycles. The Balaban J connectivity index is 1.47. The molecule has 1 aliphatic heterocycles. The molecule has 5 heteroatoms. The molecule has 0 radical (unpaired) electrons. The summed E-state index contributed by atoms with van der Waals surface area (Å²) in [4.78, 5) is 16.9. The van der Waals surface area contributed by atoms with Crippen LogP contribution in [0.25, 0.3) is 0 Å². The lowest BCUT2D eigenvalue weighted by Gasteiger charge is -2.34. The van der Waals surface area contributed by atoms with Crippen molar-refractivity contribution >= 4 is 11.7 Å². The molecule has 1 saturated heterocycles. The second-order valence-corrected chi connectivity index (χ2v) is 8.31. The van der Waals surface area contributed by atoms with Crippen LogP contribution in [0.15, 0.2) is 42.5 Å². The minimum Gasteiger partial charge on any atom is -0.327 e. The van der Waals surface area contributed by atoms with Crippen LogP contribution >= 0.6 is 0 Å². The third-order valence-electron chi connectivity index (χ3n) is 5.74. The molecule has 29 heavy (non-hydrogen) atoms. The lowest BCUT2D eigenvalue weighted by molar-refractivity contribution is 0.150. The van der Waals surface area contributed by atoms with E-state index in [1.54, 1.807) is 4.90 Å². The zero-order chi connectivity index (χ0) is 20.8. The largest absolute Gasteiger partial charge is 0.327 e. The van der Waals surface area contributed by atoms with Gasteiger partial charge in [0, 0.05) is 32.4 Å². The summed E-state index contributed by atoms with van der Waals surface area (Å²) >= 11 is 0. The summed E-state index contributed by atoms with van der Waals surface area (Å²) < 4.78 is 13.0. The highest BCUT2D eigenvalue weighted by molar-refractivity contribution is 5.90. The number of hydrogen-bond acceptors (Lipinski definition) is 2. The second kappa shape index (κ2) is 9.88. The second-order valence-electron chi connectivity index (χ2n) is 8.31. The lowest BCUT2D eigenvalue weighted by Crippen LogP contribution is -2.43. The van der Waals surface area contributed by atoms with Gasteiger partial charge < -0.3 is 15.1 Å². The van der Waals surface area contributed by atoms with E-state index in [2.05, 4.69) is 23.2 Å². The molecular formula is C24H32FN3O. The molecule has 0 spiro atoms. The van der Waals surface area contributed by atoms with E-state index in [9.17, 15) is 9.18 Å². The Morgan fingerprint density at radius 3 is 2.69 bits per heavy atom. The maximum atomic E-state index is 13.0. The summed E-state index contributed by atoms with van der Waals surface area (Å²) in [7, 11) is 1.87. The van der Waals surface area contributed by atoms with Gasteiger partial charge in [0.1, 0.15) is 5.82 Å². The summed E-state index contributed by atoms with van der Waals surface area (Å²) in [6.07, 6.45) is 3.23. The van der Waals surface area contributed by atoms with Crippen LogP contribution in [-0.4, -0.2) is 49.1 Å². The summed E-state index contributed by atoms with van der Waals surface area (Å²) in [6, 6.07) is 12.8. The molecule has 0 saturated carbocycles. The van der Waals surface area contributed by atoms with E-state index < -0.39 is 0 Å². The fraction of sp³-hybridized carbons (Fsp3) is 0.458. The Morgan fingerprint density at radius 2 is 1.97 bits per heavy atom. The zero-order valence-electron chi connectivity index (χ0n) is 17.7. The van der Waals surface area contributed by atoms with Crippen molar-refractivity contribution in [2.45, 2.75) is 33.1 Å². The van der Waals surface area contributed by atoms with Gasteiger partial charge in [0.05, 0.1) is 0 Å². The van der Waals surface area contributed by atoms with E-state index in [-0.39, 0.29) is 11.8 Å². The Kier molecular flexibility index (Phi) is 7.26. The smallest absolute Gasteiger partial charge is 0.321 e. The van der Waals surface area contributed by atoms with Crippen LogP contribution < -0.4 is 5.32 Å². The number of anilines is 1. The molecule has 1 heterocycles. The van der Waals surface area contributed by atoms with Crippen molar-refractivity contribution in [1.29, 1.82) is 0 Å². The first-order chi connectivity index (χ1) is 13.9. The van der Waals surface area contributed by atoms with Crippen molar-refractivity contribution in [2.75, 3.05) is 38.5 Å². The Hall–Kier alpha value is -2.40. The fourth-order valence-electron chi connectivity index (χ4n) is 4.08. The van der Waals surface area contributed by atoms with E-state index in [4.69, 9.17) is 0 Å². The average Bonchev–Trinajstić information content (AvgIpc) is 2.70. The molecule has 1 atom stereocenters. The number of halogens is 1. The van der Waals surface area contributed by atoms with Crippen LogP contribution in [0.3, 0.4) is 0 Å². The van der Waals surface area contributed by atoms with Crippen LogP contribution in [0.4, 0.5) is 14.9 Å². The molecule has 0 unspecified atom stereocenters. The number of nitrogens with one attached hydrogen (secondary N) is 1. The van der Waals surface area contributed by atoms with Gasteiger partial charge in [-0.1, -0.05) is 29.8 Å². The number of urea groups is 1. The summed E-state index contributed by atoms with van der Waals surface area (Å²) in [5.41, 5.74) is 4.31. The molecule has 1 aliphatic rings. The summed E-state index contributed by atoms with van der Waals surface area (Å²) in [5, 5.41) is 3.03. The van der Waals surface area contributed by atoms with E-state index in [1.807, 2.05) is 38.2 Å². The topological polar surface area (TPSA) is 35.6 Å². The van der Waals surface area contributed by atoms with Gasteiger partial charge in [-0.3, -0.25) is 0 Å². The molecule has 1 fully saturated rings. The normalized spacial score (nSPS) is 17.2. The van der Waals surface area contributed by atoms with E-state index >= 15 is 0 Å². The number of benzene rings is 2. The van der Waals surface area contributed by atoms with E-state index in [0.717, 1.165) is 56.7 Å². The van der Waals surface area contributed by atoms with Gasteiger partial charge in [-0.05, 0) is 74.9 Å². The van der Waals surface area contributed by atoms with Crippen molar-refractivity contribution in [3.63, 3.8) is 0 Å². The highest BCUT2D eigenvalue weighted by atomic mass is 19.1. The number of aryl methyl sites for hydroxylation is 2. The summed E-state index contributed by atoms with van der Waals surface area (Å²) in [5.74, 6) is 0.292. The van der Waals surface area contributed by atoms with Crippen LogP contribution in [0.2, 0.25) is 0 Å². The van der Waals surface area contributed by atoms with Crippen LogP contribution in [0.5, 0.6) is 0 Å². The van der Waals surface area contributed by atoms with Crippen molar-refractivity contribution < 1.29 is 9.18 Å². The minimum absolute atomic E-state index is 0.0552. The van der Waals surface area contributed by atoms with Gasteiger partial charge in [0.25, 0.3) is 0 Å². The highest BCUT2D eigenvalue weighted by Crippen LogP contribution is 2.20. The number of likely N-dealkylation sites (tertiary alicyclic amines) is 1. The number of carbonyl (C=O) groups excluding carboxylic acids is 1. The quantitative estimate of drug-likeness (QED) is 0.755. The first-order valence-corrected chi connectivity index (χ1v) is 10.5. The number of hydrogen-bond donors (Lipinski definition) is 1. The van der Waals surface area contributed by atoms with Crippen molar-refractivity contribution in [3.8, 4) is 0 Å². The first kappa shape index (κ1) is 21.3. The molecule has 2 aromatic rings. The summed E-state index contributed by atoms with van der Waals surface area (Å²) in [6.45, 7) is 7.89. The lowest BCUT2D eigenvalue weighted by atomic mass is 9.97. The zero-order valence-corrected chi connectivity index (χ0v) is 17.7. The highest BCUT2D eigenvalue weighted by Gasteiger charge is 2.22. The molecule has 1 N–H and O–H groups in total. The SMILES string of the molecule is Cc1ccc(NC(=O)N(C)C[C@@H]2CCCN(CCc3ccc(F)cc3)C2)c(C)c1. The maximum absolute atomic E-state index is 13.0. The van der Waals surface area contributed by atoms with E-state index in [1.165, 1.54) is 23.3 Å². The molecule has 3 rings (SSSR count). The maximum Gasteiger partial charge on any atom is 0.321 e. The number of carbonyl (C=O) groups is 1. The third-order valence-corrected chi connectivity index (χ3v) is 5.74. The monoisotopic (exact) mass is 397 g/mol. The Bertz CT molecular complexity index is 821. The van der Waals surface area contributed by atoms with Crippen LogP contribution in [0.1, 0.15) is 29.5 Å². The molecule has 4 nitrogen and oxygen atoms in total. The Labute approximate surface area is 173 Å². The van der Waals surface area contributed by atoms with Gasteiger partial charge in [0.2, 0.25) is 0 Å². The number of piperidine rings is 1. The standard InChI is InChI=1S/C24H32FN3O/c1-18-6-11-23(19(2)15-18)26-24(29)27(3)16-21-5-4-13-28(17-21)14-12-20-7-9-22(25)10-8-20/h6-11,15,21H,4-5,12-14,16-17H2,1-3H3,(H,26,29)/t21-/m0/s1. The molecule has 2 amide bonds. The molecule has 0 aliphatic carbocycles. The first-order valence-electron chi connectivity index (χ1n) is 10.5. The Morgan fingerprint density at radius 1 is 1.21 bits per heavy atom. The van der Waals surface area contributed by atoms with Gasteiger partial charge in [-0.2, -0.15) is 0 Å². The van der Waals surface area contributed by atoms with Crippen molar-refractivity contribution in [3.05, 3.63) is 65.0 Å². The van der Waals surface area contributed by atoms with Gasteiger partial charge >= 0.3 is 6.03 Å². The fourth-order valence-corrected chi connectivity index (χ4v) is 4.08. The van der Waals surface area contributed by atoms with Crippen molar-refractivity contribution in [2.24, 2.45) is 5.92 Å². The predicted octanol–water partition coefficient (Wildman–Crippen LogP) is 4.86. The predicted molar refractivity (Wildman–Crippen MR) is 117 cm³/mol. The van der Waals surface area contributed by atoms with Crippen LogP contribution in [0, 0.1) is 25.6 Å². The van der Waals surface area contributed by atoms with Crippen molar-refractivity contribution in [1.82, 2.24) is 9.80 Å². The molecular weight excluding hydrogens is 365 g/mol. The number of amides is 2. The van der Waals surface area contributed by atoms with Gasteiger partial charge in [-0.25, -0.2) is 9.18 Å².